The number of carbonyl (C=O) groups excluding carboxylic acids is 1. The first-order valence-electron chi connectivity index (χ1n) is 8.33. The summed E-state index contributed by atoms with van der Waals surface area (Å²) < 4.78 is 10.6. The maximum Gasteiger partial charge on any atom is 0.336 e. The van der Waals surface area contributed by atoms with Gasteiger partial charge in [-0.15, -0.1) is 6.58 Å². The van der Waals surface area contributed by atoms with Crippen molar-refractivity contribution in [2.75, 3.05) is 19.0 Å². The molecule has 4 nitrogen and oxygen atoms in total. The number of nitrogens with one attached hydrogen (secondary N) is 1. The second-order valence-electron chi connectivity index (χ2n) is 5.84. The fourth-order valence-electron chi connectivity index (χ4n) is 2.72. The lowest BCUT2D eigenvalue weighted by molar-refractivity contribution is -0.149. The first-order chi connectivity index (χ1) is 12.1. The molecule has 0 saturated heterocycles. The van der Waals surface area contributed by atoms with Crippen LogP contribution >= 0.6 is 0 Å². The zero-order valence-corrected chi connectivity index (χ0v) is 15.0. The third-order valence-corrected chi connectivity index (χ3v) is 4.07. The number of ether oxygens (including phenoxy) is 2. The Morgan fingerprint density at radius 2 is 1.80 bits per heavy atom. The first-order valence-corrected chi connectivity index (χ1v) is 8.33. The number of hydrogen-bond acceptors (Lipinski definition) is 4. The lowest BCUT2D eigenvalue weighted by Gasteiger charge is -2.33. The van der Waals surface area contributed by atoms with Crippen molar-refractivity contribution in [1.29, 1.82) is 0 Å². The van der Waals surface area contributed by atoms with E-state index in [4.69, 9.17) is 9.47 Å². The van der Waals surface area contributed by atoms with Gasteiger partial charge in [0, 0.05) is 12.1 Å². The topological polar surface area (TPSA) is 47.6 Å². The van der Waals surface area contributed by atoms with Gasteiger partial charge in [0.2, 0.25) is 0 Å². The van der Waals surface area contributed by atoms with Crippen LogP contribution in [0.5, 0.6) is 5.75 Å². The number of aryl methyl sites for hydroxylation is 1. The molecule has 4 heteroatoms. The predicted molar refractivity (Wildman–Crippen MR) is 101 cm³/mol. The minimum Gasteiger partial charge on any atom is -0.497 e. The molecule has 0 amide bonds. The average Bonchev–Trinajstić information content (AvgIpc) is 2.62. The van der Waals surface area contributed by atoms with Crippen LogP contribution in [-0.4, -0.2) is 19.7 Å². The van der Waals surface area contributed by atoms with E-state index < -0.39 is 5.54 Å². The fourth-order valence-corrected chi connectivity index (χ4v) is 2.72. The van der Waals surface area contributed by atoms with Gasteiger partial charge in [0.05, 0.1) is 13.7 Å². The molecule has 2 aromatic carbocycles. The zero-order valence-electron chi connectivity index (χ0n) is 15.0. The highest BCUT2D eigenvalue weighted by atomic mass is 16.5. The maximum atomic E-state index is 12.9. The molecule has 25 heavy (non-hydrogen) atoms. The number of esters is 1. The normalized spacial score (nSPS) is 12.8. The summed E-state index contributed by atoms with van der Waals surface area (Å²) in [4.78, 5) is 12.9. The summed E-state index contributed by atoms with van der Waals surface area (Å²) >= 11 is 0. The van der Waals surface area contributed by atoms with E-state index in [1.807, 2.05) is 55.5 Å². The second-order valence-corrected chi connectivity index (χ2v) is 5.84. The Bertz CT molecular complexity index is 707. The molecule has 0 aliphatic heterocycles. The van der Waals surface area contributed by atoms with E-state index in [2.05, 4.69) is 11.9 Å². The van der Waals surface area contributed by atoms with Crippen LogP contribution < -0.4 is 10.1 Å². The summed E-state index contributed by atoms with van der Waals surface area (Å²) in [6, 6.07) is 15.3. The summed E-state index contributed by atoms with van der Waals surface area (Å²) in [6.45, 7) is 7.96. The SMILES string of the molecule is C=CCC(Nc1ccc(OC)cc1)(C(=O)OCC)c1ccc(C)cc1. The smallest absolute Gasteiger partial charge is 0.336 e. The van der Waals surface area contributed by atoms with Gasteiger partial charge in [0.1, 0.15) is 5.75 Å². The van der Waals surface area contributed by atoms with Crippen molar-refractivity contribution in [2.24, 2.45) is 0 Å². The first kappa shape index (κ1) is 18.6. The van der Waals surface area contributed by atoms with Crippen molar-refractivity contribution < 1.29 is 14.3 Å². The number of methoxy groups -OCH3 is 1. The van der Waals surface area contributed by atoms with Gasteiger partial charge in [-0.25, -0.2) is 4.79 Å². The standard InChI is InChI=1S/C21H25NO3/c1-5-15-21(20(23)25-6-2,17-9-7-16(3)8-10-17)22-18-11-13-19(24-4)14-12-18/h5,7-14,22H,1,6,15H2,2-4H3. The van der Waals surface area contributed by atoms with Crippen LogP contribution in [0.25, 0.3) is 0 Å². The van der Waals surface area contributed by atoms with Gasteiger partial charge in [-0.05, 0) is 43.7 Å². The lowest BCUT2D eigenvalue weighted by atomic mass is 9.85. The molecule has 0 radical (unpaired) electrons. The van der Waals surface area contributed by atoms with Gasteiger partial charge in [0.25, 0.3) is 0 Å². The second kappa shape index (κ2) is 8.38. The molecular formula is C21H25NO3. The summed E-state index contributed by atoms with van der Waals surface area (Å²) in [5.41, 5.74) is 1.74. The van der Waals surface area contributed by atoms with E-state index >= 15 is 0 Å². The Hall–Kier alpha value is -2.75. The third kappa shape index (κ3) is 4.21. The average molecular weight is 339 g/mol. The van der Waals surface area contributed by atoms with Crippen LogP contribution in [0, 0.1) is 6.92 Å². The van der Waals surface area contributed by atoms with E-state index in [1.165, 1.54) is 0 Å². The molecule has 0 aromatic heterocycles. The quantitative estimate of drug-likeness (QED) is 0.570. The number of benzene rings is 2. The number of carbonyl (C=O) groups is 1. The van der Waals surface area contributed by atoms with Crippen LogP contribution in [0.15, 0.2) is 61.2 Å². The molecule has 0 saturated carbocycles. The van der Waals surface area contributed by atoms with Crippen molar-refractivity contribution in [1.82, 2.24) is 0 Å². The molecular weight excluding hydrogens is 314 g/mol. The fraction of sp³-hybridized carbons (Fsp3) is 0.286. The molecule has 0 aliphatic rings. The largest absolute Gasteiger partial charge is 0.497 e. The molecule has 2 aromatic rings. The summed E-state index contributed by atoms with van der Waals surface area (Å²) in [7, 11) is 1.62. The molecule has 0 spiro atoms. The van der Waals surface area contributed by atoms with Gasteiger partial charge < -0.3 is 14.8 Å². The number of hydrogen-bond donors (Lipinski definition) is 1. The van der Waals surface area contributed by atoms with Crippen molar-refractivity contribution in [3.63, 3.8) is 0 Å². The lowest BCUT2D eigenvalue weighted by Crippen LogP contribution is -2.44. The Morgan fingerprint density at radius 1 is 1.16 bits per heavy atom. The Labute approximate surface area is 149 Å². The van der Waals surface area contributed by atoms with Gasteiger partial charge in [-0.3, -0.25) is 0 Å². The molecule has 0 fully saturated rings. The summed E-state index contributed by atoms with van der Waals surface area (Å²) in [5.74, 6) is 0.431. The van der Waals surface area contributed by atoms with Crippen molar-refractivity contribution >= 4 is 11.7 Å². The molecule has 0 aliphatic carbocycles. The molecule has 1 N–H and O–H groups in total. The molecule has 132 valence electrons. The van der Waals surface area contributed by atoms with E-state index in [-0.39, 0.29) is 5.97 Å². The van der Waals surface area contributed by atoms with Crippen LogP contribution in [0.1, 0.15) is 24.5 Å². The Morgan fingerprint density at radius 3 is 2.32 bits per heavy atom. The van der Waals surface area contributed by atoms with E-state index in [0.29, 0.717) is 13.0 Å². The van der Waals surface area contributed by atoms with Gasteiger partial charge >= 0.3 is 5.97 Å². The summed E-state index contributed by atoms with van der Waals surface area (Å²) in [5, 5.41) is 3.36. The monoisotopic (exact) mass is 339 g/mol. The minimum absolute atomic E-state index is 0.313. The molecule has 0 heterocycles. The van der Waals surface area contributed by atoms with E-state index in [1.54, 1.807) is 20.1 Å². The van der Waals surface area contributed by atoms with Crippen LogP contribution in [0.4, 0.5) is 5.69 Å². The van der Waals surface area contributed by atoms with Gasteiger partial charge in [0.15, 0.2) is 5.54 Å². The van der Waals surface area contributed by atoms with Crippen LogP contribution in [0.3, 0.4) is 0 Å². The highest BCUT2D eigenvalue weighted by Crippen LogP contribution is 2.33. The maximum absolute atomic E-state index is 12.9. The Kier molecular flexibility index (Phi) is 6.23. The summed E-state index contributed by atoms with van der Waals surface area (Å²) in [6.07, 6.45) is 2.13. The number of anilines is 1. The highest BCUT2D eigenvalue weighted by molar-refractivity contribution is 5.86. The van der Waals surface area contributed by atoms with E-state index in [9.17, 15) is 4.79 Å². The van der Waals surface area contributed by atoms with Gasteiger partial charge in [-0.2, -0.15) is 0 Å². The number of rotatable bonds is 8. The van der Waals surface area contributed by atoms with Gasteiger partial charge in [-0.1, -0.05) is 35.9 Å². The third-order valence-electron chi connectivity index (χ3n) is 4.07. The van der Waals surface area contributed by atoms with Crippen LogP contribution in [-0.2, 0) is 15.1 Å². The van der Waals surface area contributed by atoms with E-state index in [0.717, 1.165) is 22.6 Å². The van der Waals surface area contributed by atoms with Crippen molar-refractivity contribution in [3.8, 4) is 5.75 Å². The molecule has 1 unspecified atom stereocenters. The minimum atomic E-state index is -1.03. The molecule has 2 rings (SSSR count). The molecule has 1 atom stereocenters. The zero-order chi connectivity index (χ0) is 18.3. The van der Waals surface area contributed by atoms with Crippen molar-refractivity contribution in [3.05, 3.63) is 72.3 Å². The highest BCUT2D eigenvalue weighted by Gasteiger charge is 2.40. The Balaban J connectivity index is 2.49. The predicted octanol–water partition coefficient (Wildman–Crippen LogP) is 4.45. The van der Waals surface area contributed by atoms with Crippen molar-refractivity contribution in [2.45, 2.75) is 25.8 Å². The van der Waals surface area contributed by atoms with Crippen LogP contribution in [0.2, 0.25) is 0 Å². The molecule has 0 bridgehead atoms.